The van der Waals surface area contributed by atoms with E-state index in [0.717, 1.165) is 12.8 Å². The van der Waals surface area contributed by atoms with Gasteiger partial charge in [-0.05, 0) is 47.3 Å². The first-order valence-electron chi connectivity index (χ1n) is 8.76. The quantitative estimate of drug-likeness (QED) is 0.396. The molecule has 0 saturated heterocycles. The Bertz CT molecular complexity index is 698. The number of amidine groups is 1. The van der Waals surface area contributed by atoms with Crippen LogP contribution < -0.4 is 0 Å². The Morgan fingerprint density at radius 1 is 1.38 bits per heavy atom. The minimum atomic E-state index is 0.00359. The molecule has 0 fully saturated rings. The summed E-state index contributed by atoms with van der Waals surface area (Å²) < 4.78 is 6.34. The van der Waals surface area contributed by atoms with E-state index >= 15 is 0 Å². The summed E-state index contributed by atoms with van der Waals surface area (Å²) in [6, 6.07) is 10.7. The lowest BCUT2D eigenvalue weighted by atomic mass is 10.0. The summed E-state index contributed by atoms with van der Waals surface area (Å²) in [5, 5.41) is 16.0. The topological polar surface area (TPSA) is 57.4 Å². The zero-order chi connectivity index (χ0) is 18.9. The van der Waals surface area contributed by atoms with Gasteiger partial charge in [-0.1, -0.05) is 43.3 Å². The third-order valence-electron chi connectivity index (χ3n) is 4.16. The van der Waals surface area contributed by atoms with Crippen molar-refractivity contribution in [2.75, 3.05) is 13.7 Å². The van der Waals surface area contributed by atoms with Crippen LogP contribution in [-0.2, 0) is 11.2 Å². The molecule has 6 heteroatoms. The number of aryl methyl sites for hydroxylation is 1. The molecule has 1 aliphatic heterocycles. The number of nitrogens with zero attached hydrogens (tertiary/aromatic N) is 3. The molecule has 2 atom stereocenters. The summed E-state index contributed by atoms with van der Waals surface area (Å²) in [5.41, 5.74) is 1.30. The molecule has 0 aliphatic carbocycles. The smallest absolute Gasteiger partial charge is 0.333 e. The fourth-order valence-corrected chi connectivity index (χ4v) is 3.29. The van der Waals surface area contributed by atoms with Crippen LogP contribution in [0.1, 0.15) is 25.8 Å². The van der Waals surface area contributed by atoms with E-state index in [-0.39, 0.29) is 17.7 Å². The lowest BCUT2D eigenvalue weighted by molar-refractivity contribution is 0.234. The summed E-state index contributed by atoms with van der Waals surface area (Å²) in [7, 11) is 1.90. The van der Waals surface area contributed by atoms with Crippen LogP contribution in [0.5, 0.6) is 0 Å². The first-order chi connectivity index (χ1) is 12.5. The van der Waals surface area contributed by atoms with Crippen LogP contribution in [0.15, 0.2) is 62.8 Å². The van der Waals surface area contributed by atoms with Crippen molar-refractivity contribution in [2.45, 2.75) is 32.7 Å². The van der Waals surface area contributed by atoms with Crippen molar-refractivity contribution in [3.8, 4) is 0 Å². The van der Waals surface area contributed by atoms with Crippen molar-refractivity contribution in [2.24, 2.45) is 16.0 Å². The van der Waals surface area contributed by atoms with Crippen LogP contribution in [0.25, 0.3) is 0 Å². The summed E-state index contributed by atoms with van der Waals surface area (Å²) in [6.45, 7) is 4.42. The zero-order valence-electron chi connectivity index (χ0n) is 15.5. The number of hydrazone groups is 1. The van der Waals surface area contributed by atoms with Gasteiger partial charge in [0.1, 0.15) is 5.76 Å². The minimum absolute atomic E-state index is 0.00359. The number of benzene rings is 1. The summed E-state index contributed by atoms with van der Waals surface area (Å²) >= 11 is 3.38. The molecular weight excluding hydrogens is 394 g/mol. The molecule has 26 heavy (non-hydrogen) atoms. The molecule has 0 saturated carbocycles. The average molecular weight is 420 g/mol. The molecule has 1 aliphatic rings. The third-order valence-corrected chi connectivity index (χ3v) is 4.83. The molecule has 0 aromatic heterocycles. The standard InChI is InChI=1S/C20H26BrN3O2/c1-4-19(25)17(21)13-15(2)18-14-22-20(23-24(18)3)26-12-8-11-16-9-6-5-7-10-16/h4-7,9-10,13-15,18,25H,8,11-12H2,1-3H3/b17-13+,19-4+. The maximum absolute atomic E-state index is 9.74. The van der Waals surface area contributed by atoms with Gasteiger partial charge in [0.25, 0.3) is 0 Å². The highest BCUT2D eigenvalue weighted by molar-refractivity contribution is 9.11. The Labute approximate surface area is 163 Å². The van der Waals surface area contributed by atoms with Crippen molar-refractivity contribution < 1.29 is 9.84 Å². The van der Waals surface area contributed by atoms with Crippen LogP contribution in [0.2, 0.25) is 0 Å². The van der Waals surface area contributed by atoms with Crippen molar-refractivity contribution in [3.05, 3.63) is 58.3 Å². The Morgan fingerprint density at radius 3 is 2.77 bits per heavy atom. The molecule has 1 aromatic rings. The van der Waals surface area contributed by atoms with E-state index in [2.05, 4.69) is 45.1 Å². The number of aliphatic hydroxyl groups is 1. The van der Waals surface area contributed by atoms with Gasteiger partial charge in [0.15, 0.2) is 0 Å². The van der Waals surface area contributed by atoms with E-state index in [4.69, 9.17) is 4.74 Å². The van der Waals surface area contributed by atoms with Gasteiger partial charge in [-0.25, -0.2) is 4.99 Å². The Kier molecular flexibility index (Phi) is 7.91. The molecular formula is C20H26BrN3O2. The van der Waals surface area contributed by atoms with Crippen LogP contribution in [-0.4, -0.2) is 42.0 Å². The third kappa shape index (κ3) is 6.02. The zero-order valence-corrected chi connectivity index (χ0v) is 17.1. The van der Waals surface area contributed by atoms with E-state index in [1.807, 2.05) is 42.5 Å². The van der Waals surface area contributed by atoms with Gasteiger partial charge in [-0.15, -0.1) is 5.10 Å². The van der Waals surface area contributed by atoms with Crippen molar-refractivity contribution in [1.29, 1.82) is 0 Å². The van der Waals surface area contributed by atoms with Crippen LogP contribution in [0, 0.1) is 5.92 Å². The van der Waals surface area contributed by atoms with Crippen LogP contribution in [0.4, 0.5) is 0 Å². The van der Waals surface area contributed by atoms with Gasteiger partial charge in [0, 0.05) is 19.2 Å². The van der Waals surface area contributed by atoms with E-state index in [1.54, 1.807) is 13.0 Å². The Hall–Kier alpha value is -2.08. The normalized spacial score (nSPS) is 19.3. The van der Waals surface area contributed by atoms with E-state index in [1.165, 1.54) is 5.56 Å². The van der Waals surface area contributed by atoms with E-state index in [9.17, 15) is 5.11 Å². The molecule has 1 N–H and O–H groups in total. The molecule has 140 valence electrons. The maximum atomic E-state index is 9.74. The number of rotatable bonds is 7. The molecule has 1 aromatic carbocycles. The highest BCUT2D eigenvalue weighted by Crippen LogP contribution is 2.21. The summed E-state index contributed by atoms with van der Waals surface area (Å²) in [4.78, 5) is 4.34. The Morgan fingerprint density at radius 2 is 2.12 bits per heavy atom. The Balaban J connectivity index is 1.82. The van der Waals surface area contributed by atoms with Crippen LogP contribution >= 0.6 is 15.9 Å². The second-order valence-corrected chi connectivity index (χ2v) is 7.06. The van der Waals surface area contributed by atoms with E-state index < -0.39 is 0 Å². The van der Waals surface area contributed by atoms with Crippen molar-refractivity contribution >= 4 is 28.2 Å². The number of hydrogen-bond donors (Lipinski definition) is 1. The molecule has 0 amide bonds. The second kappa shape index (κ2) is 10.2. The van der Waals surface area contributed by atoms with Gasteiger partial charge in [-0.3, -0.25) is 5.01 Å². The first kappa shape index (κ1) is 20.2. The lowest BCUT2D eigenvalue weighted by Gasteiger charge is -2.29. The summed E-state index contributed by atoms with van der Waals surface area (Å²) in [5.74, 6) is 0.335. The lowest BCUT2D eigenvalue weighted by Crippen LogP contribution is -2.38. The number of hydrogen-bond acceptors (Lipinski definition) is 5. The number of halogens is 1. The first-order valence-corrected chi connectivity index (χ1v) is 9.56. The van der Waals surface area contributed by atoms with Gasteiger partial charge < -0.3 is 9.84 Å². The van der Waals surface area contributed by atoms with Gasteiger partial charge in [0.05, 0.1) is 17.1 Å². The monoisotopic (exact) mass is 419 g/mol. The molecule has 0 spiro atoms. The van der Waals surface area contributed by atoms with Gasteiger partial charge in [0.2, 0.25) is 0 Å². The molecule has 0 bridgehead atoms. The number of aliphatic hydroxyl groups excluding tert-OH is 1. The highest BCUT2D eigenvalue weighted by atomic mass is 79.9. The number of aliphatic imine (C=N–C) groups is 1. The SMILES string of the molecule is C/C=C(O)\C(Br)=C/C(C)C1C=NC(OCCCc2ccccc2)=NN1C. The number of ether oxygens (including phenoxy) is 1. The van der Waals surface area contributed by atoms with Gasteiger partial charge >= 0.3 is 6.02 Å². The molecule has 2 rings (SSSR count). The van der Waals surface area contributed by atoms with Gasteiger partial charge in [-0.2, -0.15) is 0 Å². The van der Waals surface area contributed by atoms with Crippen molar-refractivity contribution in [1.82, 2.24) is 5.01 Å². The average Bonchev–Trinajstić information content (AvgIpc) is 2.65. The van der Waals surface area contributed by atoms with Crippen molar-refractivity contribution in [3.63, 3.8) is 0 Å². The predicted octanol–water partition coefficient (Wildman–Crippen LogP) is 4.67. The molecule has 2 unspecified atom stereocenters. The molecule has 5 nitrogen and oxygen atoms in total. The molecule has 1 heterocycles. The maximum Gasteiger partial charge on any atom is 0.333 e. The summed E-state index contributed by atoms with van der Waals surface area (Å²) in [6.07, 6.45) is 7.32. The highest BCUT2D eigenvalue weighted by Gasteiger charge is 2.22. The largest absolute Gasteiger partial charge is 0.507 e. The minimum Gasteiger partial charge on any atom is -0.507 e. The fraction of sp³-hybridized carbons (Fsp3) is 0.400. The second-order valence-electron chi connectivity index (χ2n) is 6.21. The fourth-order valence-electron chi connectivity index (χ4n) is 2.64. The molecule has 0 radical (unpaired) electrons. The number of allylic oxidation sites excluding steroid dienone is 2. The predicted molar refractivity (Wildman–Crippen MR) is 111 cm³/mol. The van der Waals surface area contributed by atoms with E-state index in [0.29, 0.717) is 17.1 Å². The van der Waals surface area contributed by atoms with Crippen LogP contribution in [0.3, 0.4) is 0 Å².